The molecule has 0 spiro atoms. The van der Waals surface area contributed by atoms with Crippen LogP contribution in [-0.4, -0.2) is 16.6 Å². The lowest BCUT2D eigenvalue weighted by atomic mass is 10.0. The van der Waals surface area contributed by atoms with Gasteiger partial charge in [-0.05, 0) is 41.9 Å². The molecule has 6 heteroatoms. The van der Waals surface area contributed by atoms with Crippen molar-refractivity contribution in [2.45, 2.75) is 23.7 Å². The number of ketones is 1. The zero-order valence-electron chi connectivity index (χ0n) is 8.97. The van der Waals surface area contributed by atoms with Crippen LogP contribution in [0.3, 0.4) is 0 Å². The standard InChI is InChI=1S/C11H10BrF3OS/c1-7-4-10(17-11(13,14)15)3-2-8(7)5-9(16)6-12/h2-4H,5-6H2,1H3. The molecule has 0 saturated carbocycles. The highest BCUT2D eigenvalue weighted by Crippen LogP contribution is 2.37. The van der Waals surface area contributed by atoms with Crippen molar-refractivity contribution in [1.29, 1.82) is 0 Å². The first kappa shape index (κ1) is 14.6. The summed E-state index contributed by atoms with van der Waals surface area (Å²) in [6, 6.07) is 4.42. The van der Waals surface area contributed by atoms with Gasteiger partial charge < -0.3 is 0 Å². The monoisotopic (exact) mass is 326 g/mol. The molecule has 0 aliphatic carbocycles. The number of alkyl halides is 4. The predicted molar refractivity (Wildman–Crippen MR) is 65.6 cm³/mol. The molecule has 0 fully saturated rings. The highest BCUT2D eigenvalue weighted by Gasteiger charge is 2.29. The summed E-state index contributed by atoms with van der Waals surface area (Å²) in [5.41, 5.74) is -2.81. The molecule has 0 amide bonds. The molecular formula is C11H10BrF3OS. The number of Topliss-reactive ketones (excluding diaryl/α,β-unsaturated/α-hetero) is 1. The van der Waals surface area contributed by atoms with Crippen molar-refractivity contribution in [3.05, 3.63) is 29.3 Å². The number of thioether (sulfide) groups is 1. The number of benzene rings is 1. The number of carbonyl (C=O) groups is 1. The highest BCUT2D eigenvalue weighted by atomic mass is 79.9. The largest absolute Gasteiger partial charge is 0.446 e. The third-order valence-electron chi connectivity index (χ3n) is 2.08. The fourth-order valence-electron chi connectivity index (χ4n) is 1.32. The number of halogens is 4. The van der Waals surface area contributed by atoms with Gasteiger partial charge in [0.1, 0.15) is 5.78 Å². The summed E-state index contributed by atoms with van der Waals surface area (Å²) in [5, 5.41) is 0.255. The molecule has 1 nitrogen and oxygen atoms in total. The van der Waals surface area contributed by atoms with E-state index in [1.165, 1.54) is 12.1 Å². The number of aryl methyl sites for hydroxylation is 1. The van der Waals surface area contributed by atoms with Crippen LogP contribution in [0.5, 0.6) is 0 Å². The van der Waals surface area contributed by atoms with E-state index in [2.05, 4.69) is 15.9 Å². The molecule has 0 unspecified atom stereocenters. The smallest absolute Gasteiger partial charge is 0.298 e. The molecule has 0 atom stereocenters. The molecule has 0 aliphatic rings. The first-order valence-electron chi connectivity index (χ1n) is 4.75. The summed E-state index contributed by atoms with van der Waals surface area (Å²) in [5.74, 6) is 0.00400. The SMILES string of the molecule is Cc1cc(SC(F)(F)F)ccc1CC(=O)CBr. The van der Waals surface area contributed by atoms with E-state index in [0.717, 1.165) is 5.56 Å². The van der Waals surface area contributed by atoms with E-state index in [1.807, 2.05) is 0 Å². The second kappa shape index (κ2) is 5.91. The van der Waals surface area contributed by atoms with Crippen molar-refractivity contribution in [1.82, 2.24) is 0 Å². The van der Waals surface area contributed by atoms with Gasteiger partial charge in [-0.15, -0.1) is 0 Å². The second-order valence-electron chi connectivity index (χ2n) is 3.49. The summed E-state index contributed by atoms with van der Waals surface area (Å²) in [7, 11) is 0. The molecule has 0 bridgehead atoms. The normalized spacial score (nSPS) is 11.6. The van der Waals surface area contributed by atoms with Crippen LogP contribution >= 0.6 is 27.7 Å². The predicted octanol–water partition coefficient (Wildman–Crippen LogP) is 4.11. The number of hydrogen-bond acceptors (Lipinski definition) is 2. The van der Waals surface area contributed by atoms with E-state index in [1.54, 1.807) is 13.0 Å². The van der Waals surface area contributed by atoms with Crippen molar-refractivity contribution >= 4 is 33.5 Å². The maximum absolute atomic E-state index is 12.1. The maximum atomic E-state index is 12.1. The van der Waals surface area contributed by atoms with E-state index in [0.29, 0.717) is 5.56 Å². The van der Waals surface area contributed by atoms with Crippen molar-refractivity contribution in [2.75, 3.05) is 5.33 Å². The zero-order valence-corrected chi connectivity index (χ0v) is 11.4. The summed E-state index contributed by atoms with van der Waals surface area (Å²) >= 11 is 2.90. The lowest BCUT2D eigenvalue weighted by Crippen LogP contribution is -2.05. The molecule has 1 aromatic rings. The lowest BCUT2D eigenvalue weighted by Gasteiger charge is -2.09. The van der Waals surface area contributed by atoms with Crippen LogP contribution in [0.25, 0.3) is 0 Å². The van der Waals surface area contributed by atoms with E-state index >= 15 is 0 Å². The first-order chi connectivity index (χ1) is 7.81. The average molecular weight is 327 g/mol. The maximum Gasteiger partial charge on any atom is 0.446 e. The van der Waals surface area contributed by atoms with Crippen LogP contribution in [-0.2, 0) is 11.2 Å². The fourth-order valence-corrected chi connectivity index (χ4v) is 2.16. The van der Waals surface area contributed by atoms with Gasteiger partial charge in [0.05, 0.1) is 5.33 Å². The van der Waals surface area contributed by atoms with Crippen LogP contribution in [0, 0.1) is 6.92 Å². The minimum atomic E-state index is -4.28. The van der Waals surface area contributed by atoms with Gasteiger partial charge in [0, 0.05) is 11.3 Å². The van der Waals surface area contributed by atoms with Gasteiger partial charge in [-0.1, -0.05) is 22.0 Å². The zero-order chi connectivity index (χ0) is 13.1. The number of carbonyl (C=O) groups excluding carboxylic acids is 1. The third kappa shape index (κ3) is 5.12. The Kier molecular flexibility index (Phi) is 5.06. The Labute approximate surface area is 110 Å². The van der Waals surface area contributed by atoms with Gasteiger partial charge >= 0.3 is 5.51 Å². The number of rotatable bonds is 4. The minimum absolute atomic E-state index is 0.00400. The topological polar surface area (TPSA) is 17.1 Å². The molecule has 1 rings (SSSR count). The summed E-state index contributed by atoms with van der Waals surface area (Å²) < 4.78 is 36.4. The molecule has 0 N–H and O–H groups in total. The van der Waals surface area contributed by atoms with Gasteiger partial charge in [0.25, 0.3) is 0 Å². The molecule has 17 heavy (non-hydrogen) atoms. The first-order valence-corrected chi connectivity index (χ1v) is 6.68. The van der Waals surface area contributed by atoms with Crippen molar-refractivity contribution in [3.63, 3.8) is 0 Å². The van der Waals surface area contributed by atoms with E-state index in [-0.39, 0.29) is 34.2 Å². The minimum Gasteiger partial charge on any atom is -0.298 e. The van der Waals surface area contributed by atoms with Crippen LogP contribution < -0.4 is 0 Å². The fraction of sp³-hybridized carbons (Fsp3) is 0.364. The Morgan fingerprint density at radius 1 is 1.41 bits per heavy atom. The Morgan fingerprint density at radius 3 is 2.53 bits per heavy atom. The third-order valence-corrected chi connectivity index (χ3v) is 3.43. The Hall–Kier alpha value is -0.490. The summed E-state index contributed by atoms with van der Waals surface area (Å²) in [4.78, 5) is 11.4. The Bertz CT molecular complexity index is 418. The van der Waals surface area contributed by atoms with Gasteiger partial charge in [-0.2, -0.15) is 13.2 Å². The summed E-state index contributed by atoms with van der Waals surface area (Å²) in [6.07, 6.45) is 0.244. The van der Waals surface area contributed by atoms with Crippen molar-refractivity contribution < 1.29 is 18.0 Å². The van der Waals surface area contributed by atoms with Gasteiger partial charge in [0.2, 0.25) is 0 Å². The molecule has 0 saturated heterocycles. The molecule has 1 aromatic carbocycles. The number of hydrogen-bond donors (Lipinski definition) is 0. The van der Waals surface area contributed by atoms with Crippen LogP contribution in [0.2, 0.25) is 0 Å². The average Bonchev–Trinajstić information content (AvgIpc) is 2.19. The van der Waals surface area contributed by atoms with Crippen LogP contribution in [0.15, 0.2) is 23.1 Å². The van der Waals surface area contributed by atoms with Crippen LogP contribution in [0.1, 0.15) is 11.1 Å². The second-order valence-corrected chi connectivity index (χ2v) is 5.18. The van der Waals surface area contributed by atoms with Gasteiger partial charge in [-0.3, -0.25) is 4.79 Å². The molecule has 94 valence electrons. The Balaban J connectivity index is 2.83. The van der Waals surface area contributed by atoms with Crippen molar-refractivity contribution in [2.24, 2.45) is 0 Å². The van der Waals surface area contributed by atoms with Gasteiger partial charge in [-0.25, -0.2) is 0 Å². The highest BCUT2D eigenvalue weighted by molar-refractivity contribution is 9.09. The van der Waals surface area contributed by atoms with E-state index in [9.17, 15) is 18.0 Å². The van der Waals surface area contributed by atoms with Crippen LogP contribution in [0.4, 0.5) is 13.2 Å². The lowest BCUT2D eigenvalue weighted by molar-refractivity contribution is -0.115. The summed E-state index contributed by atoms with van der Waals surface area (Å²) in [6.45, 7) is 1.71. The Morgan fingerprint density at radius 2 is 2.06 bits per heavy atom. The van der Waals surface area contributed by atoms with E-state index in [4.69, 9.17) is 0 Å². The van der Waals surface area contributed by atoms with Gasteiger partial charge in [0.15, 0.2) is 0 Å². The van der Waals surface area contributed by atoms with Crippen molar-refractivity contribution in [3.8, 4) is 0 Å². The molecule has 0 aliphatic heterocycles. The molecule has 0 aromatic heterocycles. The molecule has 0 radical (unpaired) electrons. The van der Waals surface area contributed by atoms with E-state index < -0.39 is 5.51 Å². The molecule has 0 heterocycles. The quantitative estimate of drug-likeness (QED) is 0.611. The molecular weight excluding hydrogens is 317 g/mol.